The Bertz CT molecular complexity index is 386. The van der Waals surface area contributed by atoms with Crippen molar-refractivity contribution < 1.29 is 9.90 Å². The van der Waals surface area contributed by atoms with Crippen molar-refractivity contribution >= 4 is 17.2 Å². The highest BCUT2D eigenvalue weighted by Gasteiger charge is 2.21. The summed E-state index contributed by atoms with van der Waals surface area (Å²) >= 11 is 1.71. The molecule has 0 radical (unpaired) electrons. The van der Waals surface area contributed by atoms with Gasteiger partial charge in [-0.25, -0.2) is 0 Å². The van der Waals surface area contributed by atoms with Gasteiger partial charge in [-0.15, -0.1) is 11.3 Å². The molecule has 1 aromatic heterocycles. The van der Waals surface area contributed by atoms with Crippen molar-refractivity contribution in [3.05, 3.63) is 21.4 Å². The van der Waals surface area contributed by atoms with Crippen LogP contribution < -0.4 is 0 Å². The van der Waals surface area contributed by atoms with E-state index in [4.69, 9.17) is 5.11 Å². The van der Waals surface area contributed by atoms with Crippen molar-refractivity contribution in [2.75, 3.05) is 20.2 Å². The molecule has 1 aliphatic rings. The summed E-state index contributed by atoms with van der Waals surface area (Å²) in [6.07, 6.45) is 4.59. The molecule has 2 rings (SSSR count). The van der Waals surface area contributed by atoms with E-state index in [0.29, 0.717) is 6.54 Å². The van der Waals surface area contributed by atoms with Gasteiger partial charge in [-0.3, -0.25) is 4.79 Å². The van der Waals surface area contributed by atoms with Gasteiger partial charge in [0.1, 0.15) is 0 Å². The smallest absolute Gasteiger partial charge is 0.254 e. The molecule has 1 N–H and O–H groups in total. The molecule has 0 aliphatic heterocycles. The molecule has 0 saturated carbocycles. The Morgan fingerprint density at radius 2 is 2.25 bits per heavy atom. The Morgan fingerprint density at radius 3 is 3.00 bits per heavy atom. The summed E-state index contributed by atoms with van der Waals surface area (Å²) in [6, 6.07) is 0. The van der Waals surface area contributed by atoms with Crippen LogP contribution in [0.5, 0.6) is 0 Å². The Hall–Kier alpha value is -0.870. The van der Waals surface area contributed by atoms with E-state index in [-0.39, 0.29) is 12.5 Å². The van der Waals surface area contributed by atoms with Crippen LogP contribution in [0.15, 0.2) is 5.38 Å². The number of aliphatic hydroxyl groups is 1. The Balaban J connectivity index is 2.20. The van der Waals surface area contributed by atoms with Gasteiger partial charge < -0.3 is 10.0 Å². The molecule has 16 heavy (non-hydrogen) atoms. The molecular formula is C12H17NO2S. The fourth-order valence-corrected chi connectivity index (χ4v) is 3.25. The number of hydrogen-bond acceptors (Lipinski definition) is 3. The average molecular weight is 239 g/mol. The van der Waals surface area contributed by atoms with E-state index in [2.05, 4.69) is 0 Å². The van der Waals surface area contributed by atoms with Crippen LogP contribution in [0.3, 0.4) is 0 Å². The minimum Gasteiger partial charge on any atom is -0.395 e. The molecule has 1 heterocycles. The van der Waals surface area contributed by atoms with Gasteiger partial charge in [0.05, 0.1) is 12.2 Å². The van der Waals surface area contributed by atoms with Crippen LogP contribution in [0.4, 0.5) is 0 Å². The Morgan fingerprint density at radius 1 is 1.50 bits per heavy atom. The van der Waals surface area contributed by atoms with Gasteiger partial charge in [-0.05, 0) is 31.2 Å². The molecule has 3 nitrogen and oxygen atoms in total. The maximum absolute atomic E-state index is 12.1. The molecule has 1 amide bonds. The number of nitrogens with zero attached hydrogens (tertiary/aromatic N) is 1. The van der Waals surface area contributed by atoms with E-state index in [9.17, 15) is 4.79 Å². The lowest BCUT2D eigenvalue weighted by Crippen LogP contribution is -2.30. The van der Waals surface area contributed by atoms with Crippen molar-refractivity contribution in [3.63, 3.8) is 0 Å². The number of aliphatic hydroxyl groups excluding tert-OH is 1. The molecule has 0 fully saturated rings. The summed E-state index contributed by atoms with van der Waals surface area (Å²) in [5, 5.41) is 10.8. The summed E-state index contributed by atoms with van der Waals surface area (Å²) < 4.78 is 0. The zero-order valence-corrected chi connectivity index (χ0v) is 10.3. The second-order valence-electron chi connectivity index (χ2n) is 4.21. The van der Waals surface area contributed by atoms with Gasteiger partial charge in [-0.2, -0.15) is 0 Å². The summed E-state index contributed by atoms with van der Waals surface area (Å²) in [7, 11) is 1.74. The number of fused-ring (bicyclic) bond motifs is 1. The van der Waals surface area contributed by atoms with Gasteiger partial charge in [0.25, 0.3) is 5.91 Å². The maximum Gasteiger partial charge on any atom is 0.254 e. The second kappa shape index (κ2) is 4.97. The molecule has 0 atom stereocenters. The molecule has 0 unspecified atom stereocenters. The molecule has 4 heteroatoms. The summed E-state index contributed by atoms with van der Waals surface area (Å²) in [6.45, 7) is 0.429. The first kappa shape index (κ1) is 11.6. The lowest BCUT2D eigenvalue weighted by atomic mass is 9.95. The number of likely N-dealkylation sites (N-methyl/N-ethyl adjacent to an activating group) is 1. The predicted molar refractivity (Wildman–Crippen MR) is 65.0 cm³/mol. The minimum atomic E-state index is 0.0224. The van der Waals surface area contributed by atoms with Crippen molar-refractivity contribution in [1.29, 1.82) is 0 Å². The van der Waals surface area contributed by atoms with Crippen LogP contribution in [0.1, 0.15) is 33.6 Å². The van der Waals surface area contributed by atoms with Crippen LogP contribution in [-0.4, -0.2) is 36.1 Å². The van der Waals surface area contributed by atoms with E-state index < -0.39 is 0 Å². The first-order valence-corrected chi connectivity index (χ1v) is 6.57. The molecular weight excluding hydrogens is 222 g/mol. The number of amides is 1. The van der Waals surface area contributed by atoms with Crippen molar-refractivity contribution in [2.45, 2.75) is 25.7 Å². The molecule has 0 aromatic carbocycles. The van der Waals surface area contributed by atoms with Crippen LogP contribution in [0.25, 0.3) is 0 Å². The Labute approximate surface area is 99.7 Å². The fourth-order valence-electron chi connectivity index (χ4n) is 2.13. The largest absolute Gasteiger partial charge is 0.395 e. The quantitative estimate of drug-likeness (QED) is 0.872. The summed E-state index contributed by atoms with van der Waals surface area (Å²) in [5.74, 6) is 0.0495. The normalized spacial score (nSPS) is 14.6. The number of hydrogen-bond donors (Lipinski definition) is 1. The summed E-state index contributed by atoms with van der Waals surface area (Å²) in [5.41, 5.74) is 2.11. The Kier molecular flexibility index (Phi) is 3.61. The highest BCUT2D eigenvalue weighted by molar-refractivity contribution is 7.10. The summed E-state index contributed by atoms with van der Waals surface area (Å²) in [4.78, 5) is 15.1. The highest BCUT2D eigenvalue weighted by Crippen LogP contribution is 2.30. The van der Waals surface area contributed by atoms with Gasteiger partial charge >= 0.3 is 0 Å². The van der Waals surface area contributed by atoms with Gasteiger partial charge in [0.15, 0.2) is 0 Å². The molecule has 0 spiro atoms. The molecule has 1 aliphatic carbocycles. The average Bonchev–Trinajstić information content (AvgIpc) is 2.72. The van der Waals surface area contributed by atoms with E-state index >= 15 is 0 Å². The van der Waals surface area contributed by atoms with Crippen molar-refractivity contribution in [1.82, 2.24) is 4.90 Å². The lowest BCUT2D eigenvalue weighted by Gasteiger charge is -2.17. The molecule has 0 saturated heterocycles. The van der Waals surface area contributed by atoms with Crippen molar-refractivity contribution in [2.24, 2.45) is 0 Å². The van der Waals surface area contributed by atoms with Crippen LogP contribution in [0.2, 0.25) is 0 Å². The molecule has 1 aromatic rings. The first-order chi connectivity index (χ1) is 7.74. The molecule has 88 valence electrons. The number of carbonyl (C=O) groups is 1. The standard InChI is InChI=1S/C12H17NO2S/c1-13(6-7-14)12(15)10-8-16-11-5-3-2-4-9(10)11/h8,14H,2-7H2,1H3. The zero-order valence-electron chi connectivity index (χ0n) is 9.53. The van der Waals surface area contributed by atoms with Gasteiger partial charge in [0.2, 0.25) is 0 Å². The lowest BCUT2D eigenvalue weighted by molar-refractivity contribution is 0.0766. The molecule has 0 bridgehead atoms. The van der Waals surface area contributed by atoms with Crippen LogP contribution in [0, 0.1) is 0 Å². The van der Waals surface area contributed by atoms with E-state index in [0.717, 1.165) is 18.4 Å². The monoisotopic (exact) mass is 239 g/mol. The third-order valence-electron chi connectivity index (χ3n) is 3.07. The SMILES string of the molecule is CN(CCO)C(=O)c1csc2c1CCCC2. The van der Waals surface area contributed by atoms with E-state index in [1.54, 1.807) is 23.3 Å². The predicted octanol–water partition coefficient (Wildman–Crippen LogP) is 1.69. The van der Waals surface area contributed by atoms with Crippen LogP contribution >= 0.6 is 11.3 Å². The fraction of sp³-hybridized carbons (Fsp3) is 0.583. The third kappa shape index (κ3) is 2.13. The number of carbonyl (C=O) groups excluding carboxylic acids is 1. The van der Waals surface area contributed by atoms with Crippen molar-refractivity contribution in [3.8, 4) is 0 Å². The maximum atomic E-state index is 12.1. The van der Waals surface area contributed by atoms with Crippen LogP contribution in [-0.2, 0) is 12.8 Å². The number of rotatable bonds is 3. The zero-order chi connectivity index (χ0) is 11.5. The topological polar surface area (TPSA) is 40.5 Å². The third-order valence-corrected chi connectivity index (χ3v) is 4.16. The first-order valence-electron chi connectivity index (χ1n) is 5.69. The highest BCUT2D eigenvalue weighted by atomic mass is 32.1. The number of aryl methyl sites for hydroxylation is 1. The van der Waals surface area contributed by atoms with Gasteiger partial charge in [0, 0.05) is 23.8 Å². The number of thiophene rings is 1. The minimum absolute atomic E-state index is 0.0224. The van der Waals surface area contributed by atoms with Gasteiger partial charge in [-0.1, -0.05) is 0 Å². The van der Waals surface area contributed by atoms with E-state index in [1.165, 1.54) is 23.3 Å². The second-order valence-corrected chi connectivity index (χ2v) is 5.17. The van der Waals surface area contributed by atoms with E-state index in [1.807, 2.05) is 5.38 Å².